The second-order valence-electron chi connectivity index (χ2n) is 22.3. The van der Waals surface area contributed by atoms with Gasteiger partial charge in [-0.15, -0.1) is 0 Å². The summed E-state index contributed by atoms with van der Waals surface area (Å²) in [7, 11) is 7.52. The molecule has 0 saturated heterocycles. The van der Waals surface area contributed by atoms with Crippen LogP contribution >= 0.6 is 0 Å². The van der Waals surface area contributed by atoms with Crippen LogP contribution in [0.3, 0.4) is 0 Å². The van der Waals surface area contributed by atoms with Gasteiger partial charge in [0.1, 0.15) is 39.1 Å². The van der Waals surface area contributed by atoms with E-state index in [2.05, 4.69) is 21.3 Å². The van der Waals surface area contributed by atoms with Crippen LogP contribution in [0, 0.1) is 0 Å². The third kappa shape index (κ3) is 15.1. The number of ether oxygens (including phenoxy) is 4. The van der Waals surface area contributed by atoms with E-state index in [1.165, 1.54) is 27.7 Å². The number of benzene rings is 6. The molecule has 2 aliphatic carbocycles. The van der Waals surface area contributed by atoms with E-state index in [4.69, 9.17) is 18.9 Å². The summed E-state index contributed by atoms with van der Waals surface area (Å²) in [5.74, 6) is -5.47. The fraction of sp³-hybridized carbons (Fsp3) is 0.324. The molecule has 4 N–H and O–H groups in total. The van der Waals surface area contributed by atoms with Gasteiger partial charge in [0.15, 0.2) is 36.2 Å². The molecule has 0 unspecified atom stereocenters. The van der Waals surface area contributed by atoms with Crippen molar-refractivity contribution in [3.05, 3.63) is 176 Å². The van der Waals surface area contributed by atoms with Gasteiger partial charge in [0.05, 0.1) is 62.2 Å². The quantitative estimate of drug-likeness (QED) is 0.145. The maximum atomic E-state index is 14.1. The molecule has 88 heavy (non-hydrogen) atoms. The number of carbonyl (C=O) groups is 8. The third-order valence-corrected chi connectivity index (χ3v) is 15.7. The number of nitrogens with one attached hydrogen (secondary N) is 4. The standard InChI is InChI=1S/C68H72N8O12/c1-41(77)69-57-33-49-17-21-53(57)61-65(81)62(66(61)82)54-22-18-50(34-58(54)70-42(2)78)74(6)26-30-86-39-47-13-15-48(16-14-47)40-88-32-28-76(8)52-20-24-56(60(36-52)72-44(4)80)64-67(83)63(68(64)84)55-23-19-51(35-59(55)71-43(3)79)75(7)27-31-87-38-46-11-9-45(10-12-46)37-85-29-25-73(49)5/h9-24,33-36,61,64H,25-32,37-40H2,1-8H3,(H2,69,72,77,80)/p+2. The Morgan fingerprint density at radius 3 is 1.03 bits per heavy atom. The Morgan fingerprint density at radius 1 is 0.409 bits per heavy atom. The van der Waals surface area contributed by atoms with Crippen molar-refractivity contribution >= 4 is 92.0 Å². The zero-order valence-electron chi connectivity index (χ0n) is 50.9. The molecule has 456 valence electrons. The fourth-order valence-corrected chi connectivity index (χ4v) is 10.8. The number of Topliss-reactive ketones (excluding diaryl/α,β-unsaturated/α-hetero) is 4. The van der Waals surface area contributed by atoms with E-state index in [1.54, 1.807) is 72.8 Å². The second-order valence-corrected chi connectivity index (χ2v) is 22.3. The number of carbonyl (C=O) groups excluding carboxylic acids is 8. The minimum atomic E-state index is -1.15. The van der Waals surface area contributed by atoms with Gasteiger partial charge >= 0.3 is 0 Å². The Kier molecular flexibility index (Phi) is 20.4. The van der Waals surface area contributed by atoms with Crippen molar-refractivity contribution in [2.45, 2.75) is 66.0 Å². The molecule has 6 aromatic carbocycles. The number of likely N-dealkylation sites (N-methyl/N-ethyl adjacent to an activating group) is 4. The highest BCUT2D eigenvalue weighted by Crippen LogP contribution is 2.41. The number of hydrogen-bond donors (Lipinski definition) is 4. The zero-order valence-corrected chi connectivity index (χ0v) is 50.9. The van der Waals surface area contributed by atoms with Gasteiger partial charge in [0, 0.05) is 112 Å². The topological polar surface area (TPSA) is 234 Å². The van der Waals surface area contributed by atoms with Crippen molar-refractivity contribution < 1.29 is 57.3 Å². The molecule has 2 saturated carbocycles. The van der Waals surface area contributed by atoms with E-state index in [-0.39, 0.29) is 34.8 Å². The average Bonchev–Trinajstić information content (AvgIpc) is 1.50. The SMILES string of the molecule is CC(=O)Nc1cc2ccc1C1C(=O)C(=c3ccc(cc3NC(C)=O)=[N+](C)CCOCc3ccc(cc3)COCCN(C)c3ccc(c(NC(C)=O)c3)C3C(=O)C(=c4ccc(cc4NC(C)=O)=[N+](C)CCOCc4ccc(cc4)COCCN2C)C3=O)C1=O. The summed E-state index contributed by atoms with van der Waals surface area (Å²) < 4.78 is 28.1. The van der Waals surface area contributed by atoms with Crippen molar-refractivity contribution in [1.29, 1.82) is 0 Å². The summed E-state index contributed by atoms with van der Waals surface area (Å²) in [6.45, 7) is 10.3. The molecule has 0 atom stereocenters. The number of nitrogens with zero attached hydrogens (tertiary/aromatic N) is 4. The lowest BCUT2D eigenvalue weighted by molar-refractivity contribution is -0.131. The minimum Gasteiger partial charge on any atom is -0.375 e. The van der Waals surface area contributed by atoms with Crippen LogP contribution in [0.25, 0.3) is 11.1 Å². The minimum absolute atomic E-state index is 0.0305. The first kappa shape index (κ1) is 63.2. The van der Waals surface area contributed by atoms with Crippen LogP contribution in [-0.4, -0.2) is 128 Å². The molecular weight excluding hydrogens is 1120 g/mol. The molecule has 16 bridgehead atoms. The van der Waals surface area contributed by atoms with Crippen molar-refractivity contribution in [2.75, 3.05) is 112 Å². The Hall–Kier alpha value is -9.34. The summed E-state index contributed by atoms with van der Waals surface area (Å²) in [4.78, 5) is 110. The van der Waals surface area contributed by atoms with Gasteiger partial charge in [0.2, 0.25) is 34.3 Å². The van der Waals surface area contributed by atoms with Gasteiger partial charge in [-0.2, -0.15) is 0 Å². The van der Waals surface area contributed by atoms with Crippen LogP contribution in [0.1, 0.15) is 72.9 Å². The number of amides is 4. The summed E-state index contributed by atoms with van der Waals surface area (Å²) in [6, 6.07) is 36.7. The molecule has 2 fully saturated rings. The lowest BCUT2D eigenvalue weighted by Gasteiger charge is -2.29. The van der Waals surface area contributed by atoms with Crippen molar-refractivity contribution in [2.24, 2.45) is 0 Å². The van der Waals surface area contributed by atoms with Crippen LogP contribution in [0.2, 0.25) is 0 Å². The molecule has 0 radical (unpaired) electrons. The van der Waals surface area contributed by atoms with E-state index in [0.29, 0.717) is 123 Å². The Balaban J connectivity index is 0.932. The second kappa shape index (κ2) is 28.4. The normalized spacial score (nSPS) is 17.6. The Labute approximate surface area is 510 Å². The molecule has 22 aliphatic heterocycles. The van der Waals surface area contributed by atoms with E-state index in [1.807, 2.05) is 95.7 Å². The van der Waals surface area contributed by atoms with Gasteiger partial charge in [-0.1, -0.05) is 60.7 Å². The van der Waals surface area contributed by atoms with Gasteiger partial charge in [0.25, 0.3) is 0 Å². The highest BCUT2D eigenvalue weighted by atomic mass is 16.5. The van der Waals surface area contributed by atoms with E-state index >= 15 is 0 Å². The molecule has 6 aromatic rings. The summed E-state index contributed by atoms with van der Waals surface area (Å²) in [6.07, 6.45) is 0. The summed E-state index contributed by atoms with van der Waals surface area (Å²) >= 11 is 0. The maximum absolute atomic E-state index is 14.1. The molecule has 0 aromatic heterocycles. The monoisotopic (exact) mass is 1190 g/mol. The third-order valence-electron chi connectivity index (χ3n) is 15.7. The average molecular weight is 1200 g/mol. The van der Waals surface area contributed by atoms with Crippen molar-refractivity contribution in [3.8, 4) is 0 Å². The van der Waals surface area contributed by atoms with Crippen molar-refractivity contribution in [3.63, 3.8) is 0 Å². The lowest BCUT2D eigenvalue weighted by Crippen LogP contribution is -2.43. The van der Waals surface area contributed by atoms with Crippen LogP contribution in [0.4, 0.5) is 34.1 Å². The summed E-state index contributed by atoms with van der Waals surface area (Å²) in [5.41, 5.74) is 7.32. The molecule has 4 amide bonds. The van der Waals surface area contributed by atoms with Gasteiger partial charge in [-0.25, -0.2) is 9.15 Å². The molecule has 0 spiro atoms. The van der Waals surface area contributed by atoms with Crippen LogP contribution in [0.15, 0.2) is 121 Å². The maximum Gasteiger partial charge on any atom is 0.221 e. The first-order valence-corrected chi connectivity index (χ1v) is 29.1. The molecule has 20 nitrogen and oxygen atoms in total. The van der Waals surface area contributed by atoms with Crippen LogP contribution in [0.5, 0.6) is 0 Å². The predicted molar refractivity (Wildman–Crippen MR) is 336 cm³/mol. The first-order chi connectivity index (χ1) is 42.2. The Morgan fingerprint density at radius 2 is 0.716 bits per heavy atom. The number of anilines is 6. The molecular formula is C68H74N8O12+2. The zero-order chi connectivity index (χ0) is 62.8. The largest absolute Gasteiger partial charge is 0.375 e. The van der Waals surface area contributed by atoms with Crippen molar-refractivity contribution in [1.82, 2.24) is 9.15 Å². The van der Waals surface area contributed by atoms with E-state index in [0.717, 1.165) is 44.3 Å². The van der Waals surface area contributed by atoms with E-state index < -0.39 is 35.0 Å². The summed E-state index contributed by atoms with van der Waals surface area (Å²) in [5, 5.41) is 13.3. The smallest absolute Gasteiger partial charge is 0.221 e. The first-order valence-electron chi connectivity index (χ1n) is 29.1. The van der Waals surface area contributed by atoms with Gasteiger partial charge in [-0.3, -0.25) is 38.4 Å². The molecule has 30 rings (SSSR count). The fourth-order valence-electron chi connectivity index (χ4n) is 10.8. The van der Waals surface area contributed by atoms with Gasteiger partial charge in [-0.05, 0) is 69.8 Å². The highest BCUT2D eigenvalue weighted by Gasteiger charge is 2.48. The van der Waals surface area contributed by atoms with Gasteiger partial charge < -0.3 is 50.0 Å². The molecule has 24 aliphatic rings. The molecule has 22 heterocycles. The highest BCUT2D eigenvalue weighted by molar-refractivity contribution is 6.60. The lowest BCUT2D eigenvalue weighted by atomic mass is 9.71. The number of hydrogen-bond acceptors (Lipinski definition) is 14. The van der Waals surface area contributed by atoms with Crippen LogP contribution < -0.4 is 61.4 Å². The Bertz CT molecular complexity index is 3720. The number of rotatable bonds is 4. The van der Waals surface area contributed by atoms with E-state index in [9.17, 15) is 38.4 Å². The van der Waals surface area contributed by atoms with Crippen LogP contribution in [-0.2, 0) is 83.7 Å². The molecule has 20 heteroatoms. The predicted octanol–water partition coefficient (Wildman–Crippen LogP) is 3.99. The number of ketones is 4.